The topological polar surface area (TPSA) is 76.8 Å². The van der Waals surface area contributed by atoms with Gasteiger partial charge in [-0.3, -0.25) is 9.48 Å². The van der Waals surface area contributed by atoms with E-state index in [-0.39, 0.29) is 5.91 Å². The van der Waals surface area contributed by atoms with E-state index < -0.39 is 0 Å². The third-order valence-corrected chi connectivity index (χ3v) is 4.97. The molecule has 140 valence electrons. The molecule has 0 radical (unpaired) electrons. The minimum atomic E-state index is -0.0158. The molecular formula is C20H24N6O. The van der Waals surface area contributed by atoms with Gasteiger partial charge in [0.05, 0.1) is 42.3 Å². The summed E-state index contributed by atoms with van der Waals surface area (Å²) in [4.78, 5) is 12.5. The van der Waals surface area contributed by atoms with Crippen LogP contribution in [0.3, 0.4) is 0 Å². The molecule has 27 heavy (non-hydrogen) atoms. The normalized spacial score (nSPS) is 13.4. The molecule has 0 atom stereocenters. The fraction of sp³-hybridized carbons (Fsp3) is 0.350. The van der Waals surface area contributed by atoms with Gasteiger partial charge in [-0.15, -0.1) is 0 Å². The molecule has 2 aromatic heterocycles. The standard InChI is InChI=1S/C20H24N6O/c1-14-19(15(2)26(23-14)17-6-4-3-5-7-17)11-20(27)22-12-16-10-18-13-21-8-9-25(18)24-16/h3-7,10,21H,8-9,11-13H2,1-2H3,(H,22,27). The summed E-state index contributed by atoms with van der Waals surface area (Å²) in [5.41, 5.74) is 5.93. The number of hydrogen-bond donors (Lipinski definition) is 2. The second kappa shape index (κ2) is 7.36. The quantitative estimate of drug-likeness (QED) is 0.722. The van der Waals surface area contributed by atoms with Crippen LogP contribution in [0.1, 0.15) is 28.3 Å². The lowest BCUT2D eigenvalue weighted by Gasteiger charge is -2.13. The number of nitrogens with one attached hydrogen (secondary N) is 2. The van der Waals surface area contributed by atoms with Crippen molar-refractivity contribution in [1.29, 1.82) is 0 Å². The maximum Gasteiger partial charge on any atom is 0.224 e. The number of benzene rings is 1. The Morgan fingerprint density at radius 1 is 1.22 bits per heavy atom. The molecule has 0 bridgehead atoms. The summed E-state index contributed by atoms with van der Waals surface area (Å²) in [5, 5.41) is 15.5. The number of para-hydroxylation sites is 1. The predicted molar refractivity (Wildman–Crippen MR) is 103 cm³/mol. The Hall–Kier alpha value is -2.93. The highest BCUT2D eigenvalue weighted by Crippen LogP contribution is 2.18. The minimum Gasteiger partial charge on any atom is -0.350 e. The first-order valence-electron chi connectivity index (χ1n) is 9.25. The summed E-state index contributed by atoms with van der Waals surface area (Å²) in [6, 6.07) is 12.0. The average molecular weight is 364 g/mol. The molecule has 1 aliphatic rings. The molecular weight excluding hydrogens is 340 g/mol. The first kappa shape index (κ1) is 17.5. The lowest BCUT2D eigenvalue weighted by molar-refractivity contribution is -0.120. The van der Waals surface area contributed by atoms with Crippen molar-refractivity contribution in [2.24, 2.45) is 0 Å². The smallest absolute Gasteiger partial charge is 0.224 e. The van der Waals surface area contributed by atoms with Gasteiger partial charge >= 0.3 is 0 Å². The zero-order valence-electron chi connectivity index (χ0n) is 15.7. The first-order chi connectivity index (χ1) is 13.1. The van der Waals surface area contributed by atoms with Crippen molar-refractivity contribution in [3.8, 4) is 5.69 Å². The molecule has 7 heteroatoms. The predicted octanol–water partition coefficient (Wildman–Crippen LogP) is 1.65. The number of rotatable bonds is 5. The van der Waals surface area contributed by atoms with Crippen LogP contribution in [0.4, 0.5) is 0 Å². The van der Waals surface area contributed by atoms with E-state index in [1.165, 1.54) is 5.69 Å². The van der Waals surface area contributed by atoms with E-state index >= 15 is 0 Å². The van der Waals surface area contributed by atoms with Crippen molar-refractivity contribution in [2.45, 2.75) is 39.9 Å². The fourth-order valence-corrected chi connectivity index (χ4v) is 3.50. The fourth-order valence-electron chi connectivity index (χ4n) is 3.50. The van der Waals surface area contributed by atoms with Crippen LogP contribution in [0.5, 0.6) is 0 Å². The Balaban J connectivity index is 1.42. The van der Waals surface area contributed by atoms with E-state index in [2.05, 4.69) is 26.9 Å². The van der Waals surface area contributed by atoms with Gasteiger partial charge in [0, 0.05) is 24.3 Å². The van der Waals surface area contributed by atoms with E-state index in [1.54, 1.807) is 0 Å². The molecule has 2 N–H and O–H groups in total. The van der Waals surface area contributed by atoms with Crippen LogP contribution in [0, 0.1) is 13.8 Å². The van der Waals surface area contributed by atoms with Gasteiger partial charge in [0.25, 0.3) is 0 Å². The number of aromatic nitrogens is 4. The van der Waals surface area contributed by atoms with Gasteiger partial charge in [-0.05, 0) is 32.0 Å². The van der Waals surface area contributed by atoms with Crippen molar-refractivity contribution in [2.75, 3.05) is 6.54 Å². The molecule has 1 aliphatic heterocycles. The van der Waals surface area contributed by atoms with Crippen LogP contribution in [-0.4, -0.2) is 32.0 Å². The summed E-state index contributed by atoms with van der Waals surface area (Å²) < 4.78 is 3.91. The summed E-state index contributed by atoms with van der Waals surface area (Å²) in [5.74, 6) is -0.0158. The number of carbonyl (C=O) groups is 1. The number of carbonyl (C=O) groups excluding carboxylic acids is 1. The summed E-state index contributed by atoms with van der Waals surface area (Å²) in [6.07, 6.45) is 0.319. The van der Waals surface area contributed by atoms with E-state index in [1.807, 2.05) is 53.5 Å². The number of amides is 1. The Labute approximate surface area is 158 Å². The van der Waals surface area contributed by atoms with Gasteiger partial charge in [-0.1, -0.05) is 18.2 Å². The van der Waals surface area contributed by atoms with Crippen LogP contribution in [-0.2, 0) is 30.8 Å². The lowest BCUT2D eigenvalue weighted by Crippen LogP contribution is -2.28. The molecule has 0 saturated carbocycles. The van der Waals surface area contributed by atoms with Gasteiger partial charge in [-0.25, -0.2) is 4.68 Å². The molecule has 0 spiro atoms. The number of aryl methyl sites for hydroxylation is 1. The summed E-state index contributed by atoms with van der Waals surface area (Å²) in [7, 11) is 0. The SMILES string of the molecule is Cc1nn(-c2ccccc2)c(C)c1CC(=O)NCc1cc2n(n1)CCNC2. The van der Waals surface area contributed by atoms with Gasteiger partial charge in [0.1, 0.15) is 0 Å². The van der Waals surface area contributed by atoms with E-state index in [9.17, 15) is 4.79 Å². The van der Waals surface area contributed by atoms with Crippen LogP contribution in [0.25, 0.3) is 5.69 Å². The van der Waals surface area contributed by atoms with Crippen LogP contribution < -0.4 is 10.6 Å². The number of fused-ring (bicyclic) bond motifs is 1. The Morgan fingerprint density at radius 2 is 2.04 bits per heavy atom. The maximum absolute atomic E-state index is 12.5. The average Bonchev–Trinajstić information content (AvgIpc) is 3.23. The van der Waals surface area contributed by atoms with Gasteiger partial charge in [0.15, 0.2) is 0 Å². The second-order valence-corrected chi connectivity index (χ2v) is 6.88. The molecule has 7 nitrogen and oxygen atoms in total. The van der Waals surface area contributed by atoms with E-state index in [4.69, 9.17) is 0 Å². The van der Waals surface area contributed by atoms with Crippen molar-refractivity contribution >= 4 is 5.91 Å². The highest BCUT2D eigenvalue weighted by Gasteiger charge is 2.17. The molecule has 3 heterocycles. The number of hydrogen-bond acceptors (Lipinski definition) is 4. The molecule has 1 amide bonds. The molecule has 0 saturated heterocycles. The highest BCUT2D eigenvalue weighted by atomic mass is 16.1. The van der Waals surface area contributed by atoms with Crippen LogP contribution in [0.15, 0.2) is 36.4 Å². The zero-order chi connectivity index (χ0) is 18.8. The third kappa shape index (κ3) is 3.64. The van der Waals surface area contributed by atoms with E-state index in [0.29, 0.717) is 13.0 Å². The van der Waals surface area contributed by atoms with Crippen molar-refractivity contribution in [3.05, 3.63) is 64.7 Å². The molecule has 3 aromatic rings. The van der Waals surface area contributed by atoms with Crippen molar-refractivity contribution < 1.29 is 4.79 Å². The third-order valence-electron chi connectivity index (χ3n) is 4.97. The van der Waals surface area contributed by atoms with E-state index in [0.717, 1.165) is 48.0 Å². The minimum absolute atomic E-state index is 0.0158. The molecule has 4 rings (SSSR count). The first-order valence-corrected chi connectivity index (χ1v) is 9.25. The zero-order valence-corrected chi connectivity index (χ0v) is 15.7. The second-order valence-electron chi connectivity index (χ2n) is 6.88. The summed E-state index contributed by atoms with van der Waals surface area (Å²) in [6.45, 7) is 7.05. The molecule has 1 aromatic carbocycles. The van der Waals surface area contributed by atoms with Crippen LogP contribution in [0.2, 0.25) is 0 Å². The Kier molecular flexibility index (Phi) is 4.77. The molecule has 0 unspecified atom stereocenters. The highest BCUT2D eigenvalue weighted by molar-refractivity contribution is 5.79. The van der Waals surface area contributed by atoms with Crippen LogP contribution >= 0.6 is 0 Å². The Bertz CT molecular complexity index is 933. The Morgan fingerprint density at radius 3 is 2.81 bits per heavy atom. The molecule has 0 fully saturated rings. The summed E-state index contributed by atoms with van der Waals surface area (Å²) >= 11 is 0. The van der Waals surface area contributed by atoms with Crippen molar-refractivity contribution in [1.82, 2.24) is 30.2 Å². The monoisotopic (exact) mass is 364 g/mol. The maximum atomic E-state index is 12.5. The van der Waals surface area contributed by atoms with Gasteiger partial charge in [0.2, 0.25) is 5.91 Å². The lowest BCUT2D eigenvalue weighted by atomic mass is 10.1. The van der Waals surface area contributed by atoms with Gasteiger partial charge in [-0.2, -0.15) is 10.2 Å². The van der Waals surface area contributed by atoms with Gasteiger partial charge < -0.3 is 10.6 Å². The van der Waals surface area contributed by atoms with Crippen molar-refractivity contribution in [3.63, 3.8) is 0 Å². The number of nitrogens with zero attached hydrogens (tertiary/aromatic N) is 4. The molecule has 0 aliphatic carbocycles. The largest absolute Gasteiger partial charge is 0.350 e.